The molecular weight excluding hydrogens is 264 g/mol. The van der Waals surface area contributed by atoms with E-state index in [1.807, 2.05) is 20.1 Å². The molecule has 2 rings (SSSR count). The Labute approximate surface area is 117 Å². The Morgan fingerprint density at radius 1 is 1.21 bits per heavy atom. The normalized spacial score (nSPS) is 24.4. The van der Waals surface area contributed by atoms with Gasteiger partial charge in [0, 0.05) is 11.3 Å². The third kappa shape index (κ3) is 2.16. The zero-order chi connectivity index (χ0) is 14.3. The van der Waals surface area contributed by atoms with Crippen molar-refractivity contribution in [2.24, 2.45) is 5.41 Å². The molecule has 0 bridgehead atoms. The molecule has 1 saturated heterocycles. The first kappa shape index (κ1) is 14.4. The Kier molecular flexibility index (Phi) is 3.64. The molecule has 2 aliphatic rings. The topological polar surface area (TPSA) is 66.5 Å². The number of nitrogens with one attached hydrogen (secondary N) is 1. The minimum Gasteiger partial charge on any atom is -0.277 e. The van der Waals surface area contributed by atoms with Gasteiger partial charge in [0.15, 0.2) is 0 Å². The van der Waals surface area contributed by atoms with Gasteiger partial charge in [-0.25, -0.2) is 4.79 Å². The van der Waals surface area contributed by atoms with Crippen molar-refractivity contribution in [3.63, 3.8) is 0 Å². The number of nitrogens with zero attached hydrogens (tertiary/aromatic N) is 1. The maximum atomic E-state index is 12.6. The quantitative estimate of drug-likeness (QED) is 0.781. The summed E-state index contributed by atoms with van der Waals surface area (Å²) in [7, 11) is 0. The van der Waals surface area contributed by atoms with Crippen LogP contribution in [0.3, 0.4) is 0 Å². The second-order valence-corrected chi connectivity index (χ2v) is 6.60. The monoisotopic (exact) mass is 284 g/mol. The van der Waals surface area contributed by atoms with Crippen LogP contribution in [0.5, 0.6) is 0 Å². The number of barbiturate groups is 1. The molecule has 1 aliphatic heterocycles. The van der Waals surface area contributed by atoms with Gasteiger partial charge in [-0.3, -0.25) is 19.8 Å². The predicted octanol–water partition coefficient (Wildman–Crippen LogP) is 1.77. The highest BCUT2D eigenvalue weighted by molar-refractivity contribution is 8.00. The van der Waals surface area contributed by atoms with Crippen molar-refractivity contribution in [2.75, 3.05) is 12.8 Å². The van der Waals surface area contributed by atoms with Crippen molar-refractivity contribution in [3.05, 3.63) is 0 Å². The Balaban J connectivity index is 2.26. The van der Waals surface area contributed by atoms with Gasteiger partial charge in [-0.15, -0.1) is 0 Å². The average Bonchev–Trinajstić information content (AvgIpc) is 3.17. The molecule has 4 amide bonds. The Bertz CT molecular complexity index is 428. The fourth-order valence-corrected chi connectivity index (χ4v) is 3.37. The molecule has 1 N–H and O–H groups in total. The number of hydrogen-bond donors (Lipinski definition) is 1. The van der Waals surface area contributed by atoms with Crippen LogP contribution in [0.4, 0.5) is 4.79 Å². The molecule has 1 heterocycles. The minimum atomic E-state index is -1.07. The largest absolute Gasteiger partial charge is 0.330 e. The molecule has 1 aliphatic carbocycles. The smallest absolute Gasteiger partial charge is 0.277 e. The van der Waals surface area contributed by atoms with Crippen LogP contribution in [0.15, 0.2) is 0 Å². The summed E-state index contributed by atoms with van der Waals surface area (Å²) in [5.74, 6) is -0.774. The van der Waals surface area contributed by atoms with Crippen LogP contribution in [0.2, 0.25) is 0 Å². The second-order valence-electron chi connectivity index (χ2n) is 5.33. The number of thioether (sulfide) groups is 1. The molecule has 5 nitrogen and oxygen atoms in total. The van der Waals surface area contributed by atoms with Crippen molar-refractivity contribution >= 4 is 29.6 Å². The van der Waals surface area contributed by atoms with E-state index in [1.54, 1.807) is 11.8 Å². The molecule has 0 aromatic carbocycles. The molecule has 0 unspecified atom stereocenters. The van der Waals surface area contributed by atoms with E-state index in [9.17, 15) is 14.4 Å². The number of imide groups is 2. The molecule has 6 heteroatoms. The van der Waals surface area contributed by atoms with E-state index in [4.69, 9.17) is 0 Å². The maximum Gasteiger partial charge on any atom is 0.330 e. The van der Waals surface area contributed by atoms with E-state index in [-0.39, 0.29) is 10.7 Å². The Hall–Kier alpha value is -1.04. The highest BCUT2D eigenvalue weighted by atomic mass is 32.2. The maximum absolute atomic E-state index is 12.6. The van der Waals surface area contributed by atoms with Crippen molar-refractivity contribution in [3.8, 4) is 0 Å². The SMILES string of the molecule is CCC1(CC)C(=O)NC(=O)N(CC2(SC)CC2)C1=O. The first-order chi connectivity index (χ1) is 8.94. The summed E-state index contributed by atoms with van der Waals surface area (Å²) >= 11 is 1.69. The van der Waals surface area contributed by atoms with Gasteiger partial charge in [0.1, 0.15) is 5.41 Å². The van der Waals surface area contributed by atoms with E-state index >= 15 is 0 Å². The van der Waals surface area contributed by atoms with Crippen LogP contribution in [0, 0.1) is 5.41 Å². The molecule has 2 fully saturated rings. The number of urea groups is 1. The van der Waals surface area contributed by atoms with Gasteiger partial charge < -0.3 is 0 Å². The summed E-state index contributed by atoms with van der Waals surface area (Å²) in [5.41, 5.74) is -1.07. The van der Waals surface area contributed by atoms with E-state index in [0.29, 0.717) is 19.4 Å². The minimum absolute atomic E-state index is 0.0145. The fourth-order valence-electron chi connectivity index (χ4n) is 2.60. The standard InChI is InChI=1S/C13H20N2O3S/c1-4-13(5-2)9(16)14-11(18)15(10(13)17)8-12(19-3)6-7-12/h4-8H2,1-3H3,(H,14,16,18). The lowest BCUT2D eigenvalue weighted by Gasteiger charge is -2.39. The number of carbonyl (C=O) groups excluding carboxylic acids is 3. The zero-order valence-corrected chi connectivity index (χ0v) is 12.4. The molecule has 0 atom stereocenters. The summed E-state index contributed by atoms with van der Waals surface area (Å²) in [4.78, 5) is 37.8. The van der Waals surface area contributed by atoms with Crippen molar-refractivity contribution < 1.29 is 14.4 Å². The molecule has 1 saturated carbocycles. The Morgan fingerprint density at radius 2 is 1.79 bits per heavy atom. The fraction of sp³-hybridized carbons (Fsp3) is 0.769. The lowest BCUT2D eigenvalue weighted by molar-refractivity contribution is -0.152. The number of carbonyl (C=O) groups is 3. The molecule has 0 spiro atoms. The molecule has 0 radical (unpaired) electrons. The predicted molar refractivity (Wildman–Crippen MR) is 73.7 cm³/mol. The van der Waals surface area contributed by atoms with Gasteiger partial charge in [0.25, 0.3) is 0 Å². The van der Waals surface area contributed by atoms with Crippen LogP contribution < -0.4 is 5.32 Å². The van der Waals surface area contributed by atoms with Gasteiger partial charge in [-0.2, -0.15) is 11.8 Å². The zero-order valence-electron chi connectivity index (χ0n) is 11.6. The summed E-state index contributed by atoms with van der Waals surface area (Å²) in [6, 6.07) is -0.562. The highest BCUT2D eigenvalue weighted by Gasteiger charge is 2.54. The van der Waals surface area contributed by atoms with Crippen molar-refractivity contribution in [1.29, 1.82) is 0 Å². The first-order valence-corrected chi connectivity index (χ1v) is 7.89. The van der Waals surface area contributed by atoms with Crippen molar-refractivity contribution in [1.82, 2.24) is 10.2 Å². The van der Waals surface area contributed by atoms with Crippen molar-refractivity contribution in [2.45, 2.75) is 44.3 Å². The van der Waals surface area contributed by atoms with Gasteiger partial charge in [0.2, 0.25) is 11.8 Å². The lowest BCUT2D eigenvalue weighted by Crippen LogP contribution is -2.64. The number of amides is 4. The third-order valence-corrected chi connectivity index (χ3v) is 5.85. The lowest BCUT2D eigenvalue weighted by atomic mass is 9.78. The van der Waals surface area contributed by atoms with Crippen LogP contribution >= 0.6 is 11.8 Å². The molecule has 0 aromatic rings. The van der Waals surface area contributed by atoms with Crippen LogP contribution in [-0.4, -0.2) is 40.3 Å². The van der Waals surface area contributed by atoms with Gasteiger partial charge >= 0.3 is 6.03 Å². The van der Waals surface area contributed by atoms with Gasteiger partial charge in [0.05, 0.1) is 0 Å². The summed E-state index contributed by atoms with van der Waals surface area (Å²) < 4.78 is 0.0145. The van der Waals surface area contributed by atoms with E-state index in [1.165, 1.54) is 4.90 Å². The summed E-state index contributed by atoms with van der Waals surface area (Å²) in [6.07, 6.45) is 4.88. The third-order valence-electron chi connectivity index (χ3n) is 4.45. The van der Waals surface area contributed by atoms with Gasteiger partial charge in [-0.1, -0.05) is 13.8 Å². The van der Waals surface area contributed by atoms with Crippen LogP contribution in [0.25, 0.3) is 0 Å². The van der Waals surface area contributed by atoms with E-state index in [0.717, 1.165) is 12.8 Å². The molecule has 106 valence electrons. The number of rotatable bonds is 5. The van der Waals surface area contributed by atoms with E-state index in [2.05, 4.69) is 5.32 Å². The summed E-state index contributed by atoms with van der Waals surface area (Å²) in [5, 5.41) is 2.34. The van der Waals surface area contributed by atoms with Crippen LogP contribution in [0.1, 0.15) is 39.5 Å². The average molecular weight is 284 g/mol. The Morgan fingerprint density at radius 3 is 2.21 bits per heavy atom. The molecular formula is C13H20N2O3S. The van der Waals surface area contributed by atoms with E-state index < -0.39 is 17.4 Å². The number of hydrogen-bond acceptors (Lipinski definition) is 4. The van der Waals surface area contributed by atoms with Crippen LogP contribution in [-0.2, 0) is 9.59 Å². The summed E-state index contributed by atoms with van der Waals surface area (Å²) in [6.45, 7) is 4.04. The highest BCUT2D eigenvalue weighted by Crippen LogP contribution is 2.48. The second kappa shape index (κ2) is 4.81. The van der Waals surface area contributed by atoms with Gasteiger partial charge in [-0.05, 0) is 31.9 Å². The molecule has 0 aromatic heterocycles. The molecule has 19 heavy (non-hydrogen) atoms. The first-order valence-electron chi connectivity index (χ1n) is 6.67.